The molecule has 1 aromatic heterocycles. The molecule has 2 aromatic rings. The van der Waals surface area contributed by atoms with Crippen LogP contribution in [0.4, 0.5) is 0 Å². The third-order valence-electron chi connectivity index (χ3n) is 5.21. The number of carbonyl (C=O) groups excluding carboxylic acids is 2. The first-order valence-electron chi connectivity index (χ1n) is 8.75. The fourth-order valence-corrected chi connectivity index (χ4v) is 3.93. The average Bonchev–Trinajstić information content (AvgIpc) is 3.35. The van der Waals surface area contributed by atoms with Crippen molar-refractivity contribution >= 4 is 11.9 Å². The topological polar surface area (TPSA) is 73.2 Å². The number of rotatable bonds is 4. The summed E-state index contributed by atoms with van der Waals surface area (Å²) in [4.78, 5) is 24.4. The molecule has 1 aromatic carbocycles. The molecule has 0 radical (unpaired) electrons. The van der Waals surface area contributed by atoms with Crippen LogP contribution in [-0.2, 0) is 20.9 Å². The molecule has 130 valence electrons. The lowest BCUT2D eigenvalue weighted by molar-refractivity contribution is -0.149. The van der Waals surface area contributed by atoms with E-state index in [0.29, 0.717) is 6.54 Å². The number of nitrogens with zero attached hydrogens (tertiary/aromatic N) is 2. The number of carbonyl (C=O) groups is 2. The smallest absolute Gasteiger partial charge is 0.307 e. The Kier molecular flexibility index (Phi) is 4.03. The zero-order valence-corrected chi connectivity index (χ0v) is 14.0. The number of benzene rings is 1. The third-order valence-corrected chi connectivity index (χ3v) is 5.21. The number of hydrogen-bond acceptors (Lipinski definition) is 4. The predicted molar refractivity (Wildman–Crippen MR) is 90.8 cm³/mol. The predicted octanol–water partition coefficient (Wildman–Crippen LogP) is 2.36. The first kappa shape index (κ1) is 15.9. The summed E-state index contributed by atoms with van der Waals surface area (Å²) in [6.45, 7) is 0.395. The average molecular weight is 339 g/mol. The van der Waals surface area contributed by atoms with Crippen molar-refractivity contribution in [3.05, 3.63) is 48.3 Å². The van der Waals surface area contributed by atoms with Crippen LogP contribution >= 0.6 is 0 Å². The summed E-state index contributed by atoms with van der Waals surface area (Å²) in [6.07, 6.45) is 7.45. The first-order chi connectivity index (χ1) is 12.2. The van der Waals surface area contributed by atoms with E-state index in [1.807, 2.05) is 36.5 Å². The summed E-state index contributed by atoms with van der Waals surface area (Å²) in [5.74, 6) is -0.717. The van der Waals surface area contributed by atoms with Gasteiger partial charge in [-0.1, -0.05) is 18.2 Å². The maximum Gasteiger partial charge on any atom is 0.307 e. The lowest BCUT2D eigenvalue weighted by Gasteiger charge is -2.27. The van der Waals surface area contributed by atoms with E-state index in [1.54, 1.807) is 10.9 Å². The van der Waals surface area contributed by atoms with E-state index < -0.39 is 5.60 Å². The fraction of sp³-hybridized carbons (Fsp3) is 0.421. The molecule has 1 aliphatic carbocycles. The molecule has 1 aliphatic heterocycles. The number of amides is 1. The molecule has 2 fully saturated rings. The largest absolute Gasteiger partial charge is 0.458 e. The zero-order chi connectivity index (χ0) is 17.3. The third kappa shape index (κ3) is 3.04. The van der Waals surface area contributed by atoms with Crippen molar-refractivity contribution in [1.29, 1.82) is 0 Å². The van der Waals surface area contributed by atoms with Gasteiger partial charge >= 0.3 is 5.97 Å². The summed E-state index contributed by atoms with van der Waals surface area (Å²) in [7, 11) is 0. The van der Waals surface area contributed by atoms with Gasteiger partial charge in [0.2, 0.25) is 5.91 Å². The standard InChI is InChI=1S/C19H21N3O3/c23-17-10-16(19(25-17)8-4-5-9-19)18(24)20-11-14-12-21-22(13-14)15-6-2-1-3-7-15/h1-3,6-7,12-13,16H,4-5,8-11H2,(H,20,24). The molecule has 1 unspecified atom stereocenters. The Morgan fingerprint density at radius 1 is 1.28 bits per heavy atom. The molecule has 2 aliphatic rings. The zero-order valence-electron chi connectivity index (χ0n) is 14.0. The van der Waals surface area contributed by atoms with Crippen LogP contribution < -0.4 is 5.32 Å². The van der Waals surface area contributed by atoms with Crippen molar-refractivity contribution in [2.45, 2.75) is 44.2 Å². The first-order valence-corrected chi connectivity index (χ1v) is 8.75. The Morgan fingerprint density at radius 2 is 2.04 bits per heavy atom. The van der Waals surface area contributed by atoms with Crippen LogP contribution in [0.3, 0.4) is 0 Å². The van der Waals surface area contributed by atoms with Crippen LogP contribution in [-0.4, -0.2) is 27.3 Å². The van der Waals surface area contributed by atoms with Crippen LogP contribution in [0.2, 0.25) is 0 Å². The van der Waals surface area contributed by atoms with Gasteiger partial charge in [-0.15, -0.1) is 0 Å². The van der Waals surface area contributed by atoms with E-state index in [2.05, 4.69) is 10.4 Å². The van der Waals surface area contributed by atoms with Crippen LogP contribution in [0.25, 0.3) is 5.69 Å². The normalized spacial score (nSPS) is 21.4. The van der Waals surface area contributed by atoms with Crippen molar-refractivity contribution in [1.82, 2.24) is 15.1 Å². The lowest BCUT2D eigenvalue weighted by Crippen LogP contribution is -2.42. The van der Waals surface area contributed by atoms with E-state index in [9.17, 15) is 9.59 Å². The van der Waals surface area contributed by atoms with Gasteiger partial charge in [-0.05, 0) is 37.8 Å². The number of hydrogen-bond donors (Lipinski definition) is 1. The van der Waals surface area contributed by atoms with E-state index in [4.69, 9.17) is 4.74 Å². The van der Waals surface area contributed by atoms with Crippen molar-refractivity contribution in [2.24, 2.45) is 5.92 Å². The molecule has 25 heavy (non-hydrogen) atoms. The highest BCUT2D eigenvalue weighted by atomic mass is 16.6. The lowest BCUT2D eigenvalue weighted by atomic mass is 9.85. The number of ether oxygens (including phenoxy) is 1. The summed E-state index contributed by atoms with van der Waals surface area (Å²) in [5.41, 5.74) is 1.33. The summed E-state index contributed by atoms with van der Waals surface area (Å²) in [6, 6.07) is 9.81. The SMILES string of the molecule is O=C1CC(C(=O)NCc2cnn(-c3ccccc3)c2)C2(CCCC2)O1. The van der Waals surface area contributed by atoms with Gasteiger partial charge in [-0.3, -0.25) is 9.59 Å². The van der Waals surface area contributed by atoms with Crippen molar-refractivity contribution in [2.75, 3.05) is 0 Å². The maximum absolute atomic E-state index is 12.6. The molecule has 2 heterocycles. The van der Waals surface area contributed by atoms with Crippen molar-refractivity contribution < 1.29 is 14.3 Å². The molecule has 4 rings (SSSR count). The molecular formula is C19H21N3O3. The summed E-state index contributed by atoms with van der Waals surface area (Å²) in [5, 5.41) is 7.28. The van der Waals surface area contributed by atoms with E-state index >= 15 is 0 Å². The molecule has 6 heteroatoms. The molecule has 1 amide bonds. The van der Waals surface area contributed by atoms with Crippen LogP contribution in [0.15, 0.2) is 42.7 Å². The minimum absolute atomic E-state index is 0.0970. The van der Waals surface area contributed by atoms with Gasteiger partial charge in [-0.25, -0.2) is 4.68 Å². The van der Waals surface area contributed by atoms with E-state index in [1.165, 1.54) is 0 Å². The van der Waals surface area contributed by atoms with Gasteiger partial charge in [0, 0.05) is 18.3 Å². The molecular weight excluding hydrogens is 318 g/mol. The summed E-state index contributed by atoms with van der Waals surface area (Å²) < 4.78 is 7.32. The fourth-order valence-electron chi connectivity index (χ4n) is 3.93. The monoisotopic (exact) mass is 339 g/mol. The van der Waals surface area contributed by atoms with Gasteiger partial charge in [0.25, 0.3) is 0 Å². The van der Waals surface area contributed by atoms with Gasteiger partial charge < -0.3 is 10.1 Å². The Balaban J connectivity index is 1.41. The highest BCUT2D eigenvalue weighted by Gasteiger charge is 2.53. The van der Waals surface area contributed by atoms with Gasteiger partial charge in [0.1, 0.15) is 5.60 Å². The molecule has 1 saturated carbocycles. The Hall–Kier alpha value is -2.63. The molecule has 0 bridgehead atoms. The van der Waals surface area contributed by atoms with Crippen molar-refractivity contribution in [3.63, 3.8) is 0 Å². The quantitative estimate of drug-likeness (QED) is 0.868. The molecule has 1 saturated heterocycles. The van der Waals surface area contributed by atoms with Crippen LogP contribution in [0.1, 0.15) is 37.7 Å². The van der Waals surface area contributed by atoms with E-state index in [0.717, 1.165) is 36.9 Å². The van der Waals surface area contributed by atoms with Gasteiger partial charge in [-0.2, -0.15) is 5.10 Å². The molecule has 1 spiro atoms. The number of nitrogens with one attached hydrogen (secondary N) is 1. The van der Waals surface area contributed by atoms with Crippen LogP contribution in [0, 0.1) is 5.92 Å². The minimum Gasteiger partial charge on any atom is -0.458 e. The van der Waals surface area contributed by atoms with Gasteiger partial charge in [0.05, 0.1) is 24.2 Å². The second kappa shape index (κ2) is 6.35. The Labute approximate surface area is 146 Å². The molecule has 1 atom stereocenters. The number of aromatic nitrogens is 2. The Bertz CT molecular complexity index is 778. The maximum atomic E-state index is 12.6. The highest BCUT2D eigenvalue weighted by molar-refractivity contribution is 5.87. The molecule has 6 nitrogen and oxygen atoms in total. The van der Waals surface area contributed by atoms with E-state index in [-0.39, 0.29) is 24.2 Å². The van der Waals surface area contributed by atoms with Crippen molar-refractivity contribution in [3.8, 4) is 5.69 Å². The van der Waals surface area contributed by atoms with Crippen LogP contribution in [0.5, 0.6) is 0 Å². The minimum atomic E-state index is -0.560. The highest BCUT2D eigenvalue weighted by Crippen LogP contribution is 2.45. The second-order valence-electron chi connectivity index (χ2n) is 6.85. The second-order valence-corrected chi connectivity index (χ2v) is 6.85. The summed E-state index contributed by atoms with van der Waals surface area (Å²) >= 11 is 0. The number of esters is 1. The Morgan fingerprint density at radius 3 is 2.80 bits per heavy atom. The number of para-hydroxylation sites is 1. The van der Waals surface area contributed by atoms with Gasteiger partial charge in [0.15, 0.2) is 0 Å². The molecule has 1 N–H and O–H groups in total.